The van der Waals surface area contributed by atoms with Gasteiger partial charge in [-0.15, -0.1) is 11.3 Å². The normalized spacial score (nSPS) is 13.4. The van der Waals surface area contributed by atoms with Crippen LogP contribution in [0.25, 0.3) is 0 Å². The van der Waals surface area contributed by atoms with Crippen molar-refractivity contribution < 1.29 is 0 Å². The molecule has 0 saturated heterocycles. The van der Waals surface area contributed by atoms with Gasteiger partial charge >= 0.3 is 0 Å². The molecule has 104 valence electrons. The smallest absolute Gasteiger partial charge is 0.186 e. The molecule has 0 aliphatic rings. The maximum Gasteiger partial charge on any atom is 0.186 e. The highest BCUT2D eigenvalue weighted by molar-refractivity contribution is 7.15. The van der Waals surface area contributed by atoms with Crippen LogP contribution in [0.5, 0.6) is 0 Å². The number of thiazole rings is 1. The van der Waals surface area contributed by atoms with Crippen molar-refractivity contribution in [1.82, 2.24) is 10.3 Å². The van der Waals surface area contributed by atoms with Crippen LogP contribution in [-0.4, -0.2) is 24.6 Å². The quantitative estimate of drug-likeness (QED) is 0.855. The lowest BCUT2D eigenvalue weighted by atomic mass is 10.2. The molecular formula is C14H27N3S. The van der Waals surface area contributed by atoms with E-state index in [1.54, 1.807) is 0 Å². The van der Waals surface area contributed by atoms with E-state index in [0.717, 1.165) is 17.4 Å². The highest BCUT2D eigenvalue weighted by Gasteiger charge is 2.19. The number of anilines is 1. The maximum atomic E-state index is 4.76. The topological polar surface area (TPSA) is 28.2 Å². The monoisotopic (exact) mass is 269 g/mol. The molecule has 0 radical (unpaired) electrons. The molecule has 0 fully saturated rings. The molecule has 3 nitrogen and oxygen atoms in total. The lowest BCUT2D eigenvalue weighted by Gasteiger charge is -2.27. The highest BCUT2D eigenvalue weighted by Crippen LogP contribution is 2.31. The molecule has 18 heavy (non-hydrogen) atoms. The Bertz CT molecular complexity index is 371. The number of hydrogen-bond donors (Lipinski definition) is 1. The van der Waals surface area contributed by atoms with Gasteiger partial charge in [0.25, 0.3) is 0 Å². The van der Waals surface area contributed by atoms with Crippen molar-refractivity contribution in [2.24, 2.45) is 5.92 Å². The summed E-state index contributed by atoms with van der Waals surface area (Å²) in [5.41, 5.74) is 1.16. The summed E-state index contributed by atoms with van der Waals surface area (Å²) in [7, 11) is 2.00. The molecule has 1 N–H and O–H groups in total. The average molecular weight is 269 g/mol. The Morgan fingerprint density at radius 1 is 1.22 bits per heavy atom. The predicted octanol–water partition coefficient (Wildman–Crippen LogP) is 3.60. The van der Waals surface area contributed by atoms with E-state index in [2.05, 4.69) is 51.8 Å². The van der Waals surface area contributed by atoms with Gasteiger partial charge in [-0.05, 0) is 40.7 Å². The largest absolute Gasteiger partial charge is 0.345 e. The predicted molar refractivity (Wildman–Crippen MR) is 81.6 cm³/mol. The summed E-state index contributed by atoms with van der Waals surface area (Å²) < 4.78 is 0. The van der Waals surface area contributed by atoms with Gasteiger partial charge < -0.3 is 10.2 Å². The molecule has 1 aromatic heterocycles. The van der Waals surface area contributed by atoms with E-state index >= 15 is 0 Å². The Morgan fingerprint density at radius 3 is 2.28 bits per heavy atom. The minimum absolute atomic E-state index is 0.379. The fourth-order valence-corrected chi connectivity index (χ4v) is 3.22. The van der Waals surface area contributed by atoms with Crippen molar-refractivity contribution in [3.63, 3.8) is 0 Å². The van der Waals surface area contributed by atoms with Gasteiger partial charge in [0, 0.05) is 23.5 Å². The number of aromatic nitrogens is 1. The Hall–Kier alpha value is -0.610. The third kappa shape index (κ3) is 3.69. The molecule has 0 saturated carbocycles. The van der Waals surface area contributed by atoms with Crippen molar-refractivity contribution in [1.29, 1.82) is 0 Å². The van der Waals surface area contributed by atoms with Crippen LogP contribution >= 0.6 is 11.3 Å². The Labute approximate surface area is 116 Å². The molecule has 1 unspecified atom stereocenters. The zero-order valence-electron chi connectivity index (χ0n) is 12.7. The zero-order chi connectivity index (χ0) is 13.9. The number of hydrogen-bond acceptors (Lipinski definition) is 4. The fourth-order valence-electron chi connectivity index (χ4n) is 1.95. The van der Waals surface area contributed by atoms with Crippen LogP contribution in [0.15, 0.2) is 0 Å². The molecule has 0 spiro atoms. The Morgan fingerprint density at radius 2 is 1.83 bits per heavy atom. The van der Waals surface area contributed by atoms with Gasteiger partial charge in [0.2, 0.25) is 0 Å². The molecule has 0 amide bonds. The van der Waals surface area contributed by atoms with Crippen molar-refractivity contribution in [2.75, 3.05) is 18.5 Å². The molecule has 0 bridgehead atoms. The van der Waals surface area contributed by atoms with Crippen LogP contribution in [-0.2, 0) is 0 Å². The minimum Gasteiger partial charge on any atom is -0.345 e. The number of rotatable bonds is 6. The lowest BCUT2D eigenvalue weighted by Crippen LogP contribution is -2.34. The summed E-state index contributed by atoms with van der Waals surface area (Å²) in [6.07, 6.45) is 0. The Kier molecular flexibility index (Phi) is 5.60. The maximum absolute atomic E-state index is 4.76. The van der Waals surface area contributed by atoms with Crippen molar-refractivity contribution in [3.8, 4) is 0 Å². The summed E-state index contributed by atoms with van der Waals surface area (Å²) in [5, 5.41) is 4.46. The second-order valence-corrected chi connectivity index (χ2v) is 6.61. The molecule has 4 heteroatoms. The molecule has 0 aromatic carbocycles. The average Bonchev–Trinajstić information content (AvgIpc) is 2.66. The molecule has 0 aliphatic carbocycles. The van der Waals surface area contributed by atoms with Gasteiger partial charge in [-0.1, -0.05) is 13.8 Å². The van der Waals surface area contributed by atoms with Crippen LogP contribution in [0.1, 0.15) is 51.2 Å². The fraction of sp³-hybridized carbons (Fsp3) is 0.786. The summed E-state index contributed by atoms with van der Waals surface area (Å²) >= 11 is 1.82. The molecule has 1 rings (SSSR count). The third-order valence-corrected chi connectivity index (χ3v) is 4.46. The third-order valence-electron chi connectivity index (χ3n) is 3.08. The molecule has 1 heterocycles. The van der Waals surface area contributed by atoms with Gasteiger partial charge in [-0.3, -0.25) is 0 Å². The summed E-state index contributed by atoms with van der Waals surface area (Å²) in [4.78, 5) is 8.52. The summed E-state index contributed by atoms with van der Waals surface area (Å²) in [6, 6.07) is 0.875. The van der Waals surface area contributed by atoms with Crippen LogP contribution in [0.2, 0.25) is 0 Å². The lowest BCUT2D eigenvalue weighted by molar-refractivity contribution is 0.569. The van der Waals surface area contributed by atoms with E-state index in [1.165, 1.54) is 4.88 Å². The van der Waals surface area contributed by atoms with Gasteiger partial charge in [0.05, 0.1) is 5.69 Å². The first-order chi connectivity index (χ1) is 8.36. The van der Waals surface area contributed by atoms with E-state index in [9.17, 15) is 0 Å². The molecule has 1 aromatic rings. The molecular weight excluding hydrogens is 242 g/mol. The van der Waals surface area contributed by atoms with E-state index in [0.29, 0.717) is 18.0 Å². The van der Waals surface area contributed by atoms with Crippen LogP contribution in [0.3, 0.4) is 0 Å². The van der Waals surface area contributed by atoms with Gasteiger partial charge in [-0.25, -0.2) is 4.98 Å². The second kappa shape index (κ2) is 6.53. The Balaban J connectivity index is 2.99. The summed E-state index contributed by atoms with van der Waals surface area (Å²) in [5.74, 6) is 0.654. The standard InChI is InChI=1S/C14H27N3S/c1-9(2)8-17(10(3)4)14-16-12(6)13(18-14)11(5)15-7/h9-11,15H,8H2,1-7H3. The van der Waals surface area contributed by atoms with Crippen LogP contribution < -0.4 is 10.2 Å². The highest BCUT2D eigenvalue weighted by atomic mass is 32.1. The van der Waals surface area contributed by atoms with E-state index < -0.39 is 0 Å². The van der Waals surface area contributed by atoms with Gasteiger partial charge in [0.1, 0.15) is 0 Å². The van der Waals surface area contributed by atoms with Crippen molar-refractivity contribution >= 4 is 16.5 Å². The van der Waals surface area contributed by atoms with Crippen LogP contribution in [0, 0.1) is 12.8 Å². The van der Waals surface area contributed by atoms with Gasteiger partial charge in [-0.2, -0.15) is 0 Å². The summed E-state index contributed by atoms with van der Waals surface area (Å²) in [6.45, 7) is 14.3. The molecule has 0 aliphatic heterocycles. The van der Waals surface area contributed by atoms with E-state index in [-0.39, 0.29) is 0 Å². The minimum atomic E-state index is 0.379. The first-order valence-corrected chi connectivity index (χ1v) is 7.59. The van der Waals surface area contributed by atoms with E-state index in [4.69, 9.17) is 4.98 Å². The first-order valence-electron chi connectivity index (χ1n) is 6.78. The van der Waals surface area contributed by atoms with Crippen molar-refractivity contribution in [2.45, 2.75) is 53.6 Å². The number of nitrogens with zero attached hydrogens (tertiary/aromatic N) is 2. The van der Waals surface area contributed by atoms with Gasteiger partial charge in [0.15, 0.2) is 5.13 Å². The number of nitrogens with one attached hydrogen (secondary N) is 1. The van der Waals surface area contributed by atoms with Crippen molar-refractivity contribution in [3.05, 3.63) is 10.6 Å². The van der Waals surface area contributed by atoms with E-state index in [1.807, 2.05) is 18.4 Å². The number of aryl methyl sites for hydroxylation is 1. The van der Waals surface area contributed by atoms with Crippen LogP contribution in [0.4, 0.5) is 5.13 Å². The second-order valence-electron chi connectivity index (χ2n) is 5.60. The zero-order valence-corrected chi connectivity index (χ0v) is 13.6. The first kappa shape index (κ1) is 15.4. The molecule has 1 atom stereocenters. The SMILES string of the molecule is CNC(C)c1sc(N(CC(C)C)C(C)C)nc1C.